The molecule has 2 aromatic carbocycles. The van der Waals surface area contributed by atoms with Crippen LogP contribution in [0.3, 0.4) is 0 Å². The first kappa shape index (κ1) is 18.4. The molecule has 0 unspecified atom stereocenters. The van der Waals surface area contributed by atoms with Gasteiger partial charge in [0.15, 0.2) is 0 Å². The summed E-state index contributed by atoms with van der Waals surface area (Å²) in [6.45, 7) is 1.82. The Morgan fingerprint density at radius 3 is 2.57 bits per heavy atom. The van der Waals surface area contributed by atoms with Gasteiger partial charge in [-0.05, 0) is 48.9 Å². The third kappa shape index (κ3) is 3.82. The summed E-state index contributed by atoms with van der Waals surface area (Å²) in [6.07, 6.45) is -3.62. The highest BCUT2D eigenvalue weighted by Gasteiger charge is 2.30. The van der Waals surface area contributed by atoms with E-state index in [4.69, 9.17) is 0 Å². The van der Waals surface area contributed by atoms with Crippen molar-refractivity contribution in [2.24, 2.45) is 5.10 Å². The van der Waals surface area contributed by atoms with Crippen molar-refractivity contribution in [3.05, 3.63) is 71.9 Å². The summed E-state index contributed by atoms with van der Waals surface area (Å²) in [6, 6.07) is 16.3. The molecule has 0 aliphatic carbocycles. The molecule has 1 aromatic heterocycles. The lowest BCUT2D eigenvalue weighted by molar-refractivity contribution is -0.137. The minimum absolute atomic E-state index is 0.243. The van der Waals surface area contributed by atoms with Gasteiger partial charge in [0.1, 0.15) is 5.82 Å². The number of fused-ring (bicyclic) bond motifs is 2. The largest absolute Gasteiger partial charge is 0.417 e. The molecule has 0 amide bonds. The van der Waals surface area contributed by atoms with Gasteiger partial charge in [0, 0.05) is 16.0 Å². The number of halogens is 3. The van der Waals surface area contributed by atoms with E-state index in [0.29, 0.717) is 5.71 Å². The van der Waals surface area contributed by atoms with Gasteiger partial charge >= 0.3 is 6.18 Å². The molecule has 0 radical (unpaired) electrons. The van der Waals surface area contributed by atoms with E-state index in [1.807, 2.05) is 43.3 Å². The van der Waals surface area contributed by atoms with E-state index < -0.39 is 11.7 Å². The predicted molar refractivity (Wildman–Crippen MR) is 105 cm³/mol. The molecule has 1 aliphatic rings. The van der Waals surface area contributed by atoms with E-state index in [2.05, 4.69) is 26.9 Å². The normalized spacial score (nSPS) is 13.4. The third-order valence-electron chi connectivity index (χ3n) is 4.20. The number of benzene rings is 2. The maximum atomic E-state index is 12.6. The summed E-state index contributed by atoms with van der Waals surface area (Å²) in [5.41, 5.74) is 5.53. The monoisotopic (exact) mass is 400 g/mol. The van der Waals surface area contributed by atoms with Gasteiger partial charge in [-0.25, -0.2) is 4.98 Å². The van der Waals surface area contributed by atoms with Crippen molar-refractivity contribution >= 4 is 34.7 Å². The lowest BCUT2D eigenvalue weighted by Crippen LogP contribution is -2.06. The molecular weight excluding hydrogens is 385 g/mol. The van der Waals surface area contributed by atoms with Crippen LogP contribution >= 0.6 is 11.8 Å². The number of hydrogen-bond donors (Lipinski definition) is 2. The van der Waals surface area contributed by atoms with Crippen LogP contribution in [0.1, 0.15) is 18.1 Å². The lowest BCUT2D eigenvalue weighted by Gasteiger charge is -2.21. The molecule has 0 saturated heterocycles. The van der Waals surface area contributed by atoms with E-state index in [9.17, 15) is 13.2 Å². The quantitative estimate of drug-likeness (QED) is 0.320. The molecule has 2 N–H and O–H groups in total. The highest BCUT2D eigenvalue weighted by Crippen LogP contribution is 2.44. The number of rotatable bonds is 3. The van der Waals surface area contributed by atoms with Crippen LogP contribution in [0.2, 0.25) is 0 Å². The Morgan fingerprint density at radius 1 is 1.04 bits per heavy atom. The van der Waals surface area contributed by atoms with E-state index in [1.165, 1.54) is 11.0 Å². The Bertz CT molecular complexity index is 1050. The average Bonchev–Trinajstić information content (AvgIpc) is 2.69. The van der Waals surface area contributed by atoms with Crippen molar-refractivity contribution in [3.63, 3.8) is 0 Å². The second kappa shape index (κ2) is 7.20. The molecule has 4 rings (SSSR count). The topological polar surface area (TPSA) is 49.3 Å². The number of pyridine rings is 1. The predicted octanol–water partition coefficient (Wildman–Crippen LogP) is 6.14. The van der Waals surface area contributed by atoms with E-state index in [0.717, 1.165) is 34.1 Å². The van der Waals surface area contributed by atoms with Gasteiger partial charge in [-0.1, -0.05) is 30.0 Å². The number of aromatic nitrogens is 1. The van der Waals surface area contributed by atoms with Crippen molar-refractivity contribution in [2.75, 3.05) is 10.7 Å². The smallest absolute Gasteiger partial charge is 0.354 e. The van der Waals surface area contributed by atoms with E-state index >= 15 is 0 Å². The van der Waals surface area contributed by atoms with Crippen molar-refractivity contribution < 1.29 is 13.2 Å². The molecular formula is C20H15F3N4S. The molecule has 0 fully saturated rings. The van der Waals surface area contributed by atoms with Crippen LogP contribution in [0, 0.1) is 0 Å². The third-order valence-corrected chi connectivity index (χ3v) is 5.35. The fraction of sp³-hybridized carbons (Fsp3) is 0.100. The van der Waals surface area contributed by atoms with Gasteiger partial charge < -0.3 is 5.32 Å². The SMILES string of the molecule is C/C(=N\Nc1ccc(C(F)(F)F)cn1)c1ccc2c(c1)Nc1ccccc1S2. The summed E-state index contributed by atoms with van der Waals surface area (Å²) in [4.78, 5) is 6.04. The Kier molecular flexibility index (Phi) is 4.72. The fourth-order valence-electron chi connectivity index (χ4n) is 2.70. The number of hydrazone groups is 1. The van der Waals surface area contributed by atoms with Gasteiger partial charge in [0.25, 0.3) is 0 Å². The van der Waals surface area contributed by atoms with Crippen LogP contribution in [-0.2, 0) is 6.18 Å². The average molecular weight is 400 g/mol. The van der Waals surface area contributed by atoms with Crippen molar-refractivity contribution in [3.8, 4) is 0 Å². The van der Waals surface area contributed by atoms with Gasteiger partial charge in [-0.15, -0.1) is 0 Å². The number of anilines is 3. The van der Waals surface area contributed by atoms with Gasteiger partial charge in [0.05, 0.1) is 22.6 Å². The first-order valence-corrected chi connectivity index (χ1v) is 9.24. The minimum atomic E-state index is -4.41. The highest BCUT2D eigenvalue weighted by atomic mass is 32.2. The maximum absolute atomic E-state index is 12.6. The number of nitrogens with zero attached hydrogens (tertiary/aromatic N) is 2. The second-order valence-corrected chi connectivity index (χ2v) is 7.26. The molecule has 28 heavy (non-hydrogen) atoms. The summed E-state index contributed by atoms with van der Waals surface area (Å²) >= 11 is 1.70. The second-order valence-electron chi connectivity index (χ2n) is 6.17. The Labute approximate surface area is 163 Å². The molecule has 0 atom stereocenters. The molecule has 142 valence electrons. The maximum Gasteiger partial charge on any atom is 0.417 e. The minimum Gasteiger partial charge on any atom is -0.354 e. The Morgan fingerprint density at radius 2 is 1.82 bits per heavy atom. The standard InChI is InChI=1S/C20H15F3N4S/c1-12(26-27-19-9-7-14(11-24-19)20(21,22)23)13-6-8-18-16(10-13)25-15-4-2-3-5-17(15)28-18/h2-11,25H,1H3,(H,24,27)/b26-12+. The van der Waals surface area contributed by atoms with E-state index in [-0.39, 0.29) is 5.82 Å². The lowest BCUT2D eigenvalue weighted by atomic mass is 10.1. The van der Waals surface area contributed by atoms with Crippen LogP contribution in [0.15, 0.2) is 75.7 Å². The number of hydrogen-bond acceptors (Lipinski definition) is 5. The Balaban J connectivity index is 1.50. The molecule has 2 heterocycles. The molecule has 0 bridgehead atoms. The molecule has 0 spiro atoms. The van der Waals surface area contributed by atoms with Crippen LogP contribution in [-0.4, -0.2) is 10.7 Å². The number of para-hydroxylation sites is 1. The van der Waals surface area contributed by atoms with Crippen LogP contribution < -0.4 is 10.7 Å². The molecule has 8 heteroatoms. The van der Waals surface area contributed by atoms with Gasteiger partial charge in [-0.2, -0.15) is 18.3 Å². The zero-order chi connectivity index (χ0) is 19.7. The highest BCUT2D eigenvalue weighted by molar-refractivity contribution is 7.99. The molecule has 1 aliphatic heterocycles. The van der Waals surface area contributed by atoms with Crippen molar-refractivity contribution in [1.82, 2.24) is 4.98 Å². The molecule has 4 nitrogen and oxygen atoms in total. The van der Waals surface area contributed by atoms with Gasteiger partial charge in [0.2, 0.25) is 0 Å². The van der Waals surface area contributed by atoms with Gasteiger partial charge in [-0.3, -0.25) is 5.43 Å². The first-order valence-electron chi connectivity index (χ1n) is 8.42. The molecule has 3 aromatic rings. The fourth-order valence-corrected chi connectivity index (χ4v) is 3.67. The zero-order valence-electron chi connectivity index (χ0n) is 14.7. The molecule has 0 saturated carbocycles. The van der Waals surface area contributed by atoms with Crippen molar-refractivity contribution in [2.45, 2.75) is 22.9 Å². The van der Waals surface area contributed by atoms with Crippen molar-refractivity contribution in [1.29, 1.82) is 0 Å². The Hall–Kier alpha value is -3.00. The number of nitrogens with one attached hydrogen (secondary N) is 2. The summed E-state index contributed by atoms with van der Waals surface area (Å²) in [5, 5.41) is 7.65. The zero-order valence-corrected chi connectivity index (χ0v) is 15.5. The summed E-state index contributed by atoms with van der Waals surface area (Å²) in [7, 11) is 0. The summed E-state index contributed by atoms with van der Waals surface area (Å²) < 4.78 is 37.8. The van der Waals surface area contributed by atoms with Crippen LogP contribution in [0.5, 0.6) is 0 Å². The van der Waals surface area contributed by atoms with Crippen LogP contribution in [0.4, 0.5) is 30.4 Å². The number of alkyl halides is 3. The van der Waals surface area contributed by atoms with E-state index in [1.54, 1.807) is 11.8 Å². The van der Waals surface area contributed by atoms with Crippen LogP contribution in [0.25, 0.3) is 0 Å². The summed E-state index contributed by atoms with van der Waals surface area (Å²) in [5.74, 6) is 0.243. The first-order chi connectivity index (χ1) is 13.4.